The van der Waals surface area contributed by atoms with E-state index in [1.807, 2.05) is 19.1 Å². The molecule has 11 nitrogen and oxygen atoms in total. The molecule has 0 aromatic rings. The number of allylic oxidation sites excluding steroid dienone is 10. The summed E-state index contributed by atoms with van der Waals surface area (Å²) >= 11 is 0. The van der Waals surface area contributed by atoms with E-state index in [0.29, 0.717) is 19.3 Å². The minimum Gasteiger partial charge on any atom is -0.480 e. The normalized spacial score (nSPS) is 15.1. The predicted molar refractivity (Wildman–Crippen MR) is 166 cm³/mol. The second kappa shape index (κ2) is 26.8. The Kier molecular flexibility index (Phi) is 25.0. The Hall–Kier alpha value is -2.82. The van der Waals surface area contributed by atoms with Crippen LogP contribution in [0.15, 0.2) is 60.8 Å². The van der Waals surface area contributed by atoms with Gasteiger partial charge in [0.15, 0.2) is 6.10 Å². The topological polar surface area (TPSA) is 172 Å². The molecule has 0 aliphatic carbocycles. The van der Waals surface area contributed by atoms with Gasteiger partial charge in [0.05, 0.1) is 13.2 Å². The van der Waals surface area contributed by atoms with Crippen LogP contribution in [0.25, 0.3) is 0 Å². The van der Waals surface area contributed by atoms with Gasteiger partial charge in [-0.05, 0) is 51.4 Å². The van der Waals surface area contributed by atoms with Crippen molar-refractivity contribution in [3.63, 3.8) is 0 Å². The minimum atomic E-state index is -4.70. The standard InChI is InChI=1S/C31H50NO10P/c1-3-5-7-8-9-10-11-12-13-14-15-16-17-18-19-20-21-23-30(34)42-27(24-39-29(33)22-6-4-2)25-40-43(37,38)41-26-28(32)31(35)36/h5,7,9-10,12-13,15-16,18-19,27-28H,3-4,6,8,11,14,17,20-26,32H2,1-2H3,(H,35,36)(H,37,38)/b7-5-,10-9-,13-12-,16-15-,19-18-. The Labute approximate surface area is 256 Å². The van der Waals surface area contributed by atoms with Crippen LogP contribution >= 0.6 is 7.82 Å². The van der Waals surface area contributed by atoms with E-state index in [9.17, 15) is 23.8 Å². The smallest absolute Gasteiger partial charge is 0.472 e. The Balaban J connectivity index is 4.45. The predicted octanol–water partition coefficient (Wildman–Crippen LogP) is 6.10. The van der Waals surface area contributed by atoms with Crippen molar-refractivity contribution in [1.29, 1.82) is 0 Å². The first-order valence-electron chi connectivity index (χ1n) is 14.8. The van der Waals surface area contributed by atoms with Gasteiger partial charge in [-0.1, -0.05) is 81.0 Å². The summed E-state index contributed by atoms with van der Waals surface area (Å²) in [6.07, 6.45) is 27.4. The fourth-order valence-electron chi connectivity index (χ4n) is 3.13. The van der Waals surface area contributed by atoms with Crippen LogP contribution in [0.2, 0.25) is 0 Å². The fourth-order valence-corrected chi connectivity index (χ4v) is 3.91. The summed E-state index contributed by atoms with van der Waals surface area (Å²) in [6.45, 7) is 2.28. The summed E-state index contributed by atoms with van der Waals surface area (Å²) in [5.41, 5.74) is 5.25. The van der Waals surface area contributed by atoms with Gasteiger partial charge >= 0.3 is 25.7 Å². The molecule has 0 aliphatic rings. The Morgan fingerprint density at radius 3 is 1.79 bits per heavy atom. The second-order valence-corrected chi connectivity index (χ2v) is 11.0. The van der Waals surface area contributed by atoms with Gasteiger partial charge in [0, 0.05) is 12.8 Å². The minimum absolute atomic E-state index is 0.0787. The lowest BCUT2D eigenvalue weighted by Crippen LogP contribution is -2.34. The highest BCUT2D eigenvalue weighted by atomic mass is 31.2. The molecule has 0 bridgehead atoms. The molecule has 0 spiro atoms. The molecule has 12 heteroatoms. The molecule has 4 N–H and O–H groups in total. The van der Waals surface area contributed by atoms with Gasteiger partial charge < -0.3 is 25.2 Å². The van der Waals surface area contributed by atoms with Crippen molar-refractivity contribution in [2.75, 3.05) is 19.8 Å². The summed E-state index contributed by atoms with van der Waals surface area (Å²) in [6, 6.07) is -1.53. The van der Waals surface area contributed by atoms with Crippen molar-refractivity contribution in [3.05, 3.63) is 60.8 Å². The number of carbonyl (C=O) groups is 3. The number of aliphatic carboxylic acids is 1. The fraction of sp³-hybridized carbons (Fsp3) is 0.581. The van der Waals surface area contributed by atoms with E-state index in [-0.39, 0.29) is 19.4 Å². The van der Waals surface area contributed by atoms with Crippen LogP contribution in [0.5, 0.6) is 0 Å². The molecule has 244 valence electrons. The van der Waals surface area contributed by atoms with Crippen LogP contribution in [-0.2, 0) is 37.5 Å². The highest BCUT2D eigenvalue weighted by Crippen LogP contribution is 2.43. The van der Waals surface area contributed by atoms with Gasteiger partial charge in [0.2, 0.25) is 0 Å². The monoisotopic (exact) mass is 627 g/mol. The number of hydrogen-bond donors (Lipinski definition) is 3. The molecule has 0 fully saturated rings. The summed E-state index contributed by atoms with van der Waals surface area (Å²) in [5, 5.41) is 8.76. The Morgan fingerprint density at radius 1 is 0.744 bits per heavy atom. The van der Waals surface area contributed by atoms with E-state index in [0.717, 1.165) is 38.5 Å². The molecular weight excluding hydrogens is 577 g/mol. The lowest BCUT2D eigenvalue weighted by molar-refractivity contribution is -0.161. The number of rotatable bonds is 26. The number of carboxylic acid groups (broad SMARTS) is 1. The first-order valence-corrected chi connectivity index (χ1v) is 16.3. The van der Waals surface area contributed by atoms with E-state index >= 15 is 0 Å². The average molecular weight is 628 g/mol. The van der Waals surface area contributed by atoms with Crippen LogP contribution in [0.1, 0.15) is 84.5 Å². The molecule has 43 heavy (non-hydrogen) atoms. The molecule has 3 unspecified atom stereocenters. The van der Waals surface area contributed by atoms with Gasteiger partial charge in [-0.2, -0.15) is 0 Å². The molecule has 0 saturated carbocycles. The molecule has 0 rings (SSSR count). The van der Waals surface area contributed by atoms with E-state index < -0.39 is 51.1 Å². The van der Waals surface area contributed by atoms with E-state index in [1.54, 1.807) is 0 Å². The number of ether oxygens (including phenoxy) is 2. The van der Waals surface area contributed by atoms with Crippen molar-refractivity contribution < 1.29 is 47.5 Å². The zero-order valence-corrected chi connectivity index (χ0v) is 26.4. The van der Waals surface area contributed by atoms with E-state index in [1.165, 1.54) is 0 Å². The van der Waals surface area contributed by atoms with Crippen LogP contribution < -0.4 is 5.73 Å². The SMILES string of the molecule is CC/C=C\C/C=C\C/C=C\C/C=C\C/C=C\CCCC(=O)OC(COC(=O)CCCC)COP(=O)(O)OCC(N)C(=O)O. The maximum atomic E-state index is 12.3. The highest BCUT2D eigenvalue weighted by molar-refractivity contribution is 7.47. The van der Waals surface area contributed by atoms with Crippen molar-refractivity contribution in [1.82, 2.24) is 0 Å². The first-order chi connectivity index (χ1) is 20.6. The summed E-state index contributed by atoms with van der Waals surface area (Å²) in [4.78, 5) is 44.7. The second-order valence-electron chi connectivity index (χ2n) is 9.50. The van der Waals surface area contributed by atoms with Gasteiger partial charge in [-0.3, -0.25) is 23.4 Å². The molecule has 0 heterocycles. The van der Waals surface area contributed by atoms with Gasteiger partial charge in [-0.15, -0.1) is 0 Å². The number of phosphoric acid groups is 1. The number of unbranched alkanes of at least 4 members (excludes halogenated alkanes) is 2. The van der Waals surface area contributed by atoms with E-state index in [4.69, 9.17) is 24.8 Å². The van der Waals surface area contributed by atoms with Crippen molar-refractivity contribution >= 4 is 25.7 Å². The molecule has 0 radical (unpaired) electrons. The number of carboxylic acids is 1. The third-order valence-corrected chi connectivity index (χ3v) is 6.48. The first kappa shape index (κ1) is 40.2. The number of esters is 2. The quantitative estimate of drug-likeness (QED) is 0.0438. The number of hydrogen-bond acceptors (Lipinski definition) is 9. The molecular formula is C31H50NO10P. The number of phosphoric ester groups is 1. The van der Waals surface area contributed by atoms with Crippen molar-refractivity contribution in [3.8, 4) is 0 Å². The molecule has 3 atom stereocenters. The zero-order valence-electron chi connectivity index (χ0n) is 25.5. The van der Waals surface area contributed by atoms with E-state index in [2.05, 4.69) is 60.1 Å². The lowest BCUT2D eigenvalue weighted by atomic mass is 10.2. The molecule has 0 saturated heterocycles. The lowest BCUT2D eigenvalue weighted by Gasteiger charge is -2.20. The summed E-state index contributed by atoms with van der Waals surface area (Å²) < 4.78 is 31.8. The third kappa shape index (κ3) is 26.5. The average Bonchev–Trinajstić information content (AvgIpc) is 2.97. The van der Waals surface area contributed by atoms with Crippen LogP contribution in [-0.4, -0.2) is 59.9 Å². The van der Waals surface area contributed by atoms with Gasteiger partial charge in [0.1, 0.15) is 12.6 Å². The number of carbonyl (C=O) groups excluding carboxylic acids is 2. The zero-order chi connectivity index (χ0) is 32.2. The maximum absolute atomic E-state index is 12.3. The molecule has 0 aromatic heterocycles. The Morgan fingerprint density at radius 2 is 1.26 bits per heavy atom. The van der Waals surface area contributed by atoms with Crippen molar-refractivity contribution in [2.24, 2.45) is 5.73 Å². The van der Waals surface area contributed by atoms with Crippen molar-refractivity contribution in [2.45, 2.75) is 96.6 Å². The van der Waals surface area contributed by atoms with Crippen LogP contribution in [0, 0.1) is 0 Å². The molecule has 0 amide bonds. The number of nitrogens with two attached hydrogens (primary N) is 1. The largest absolute Gasteiger partial charge is 0.480 e. The molecule has 0 aliphatic heterocycles. The molecule has 0 aromatic carbocycles. The van der Waals surface area contributed by atoms with Crippen LogP contribution in [0.4, 0.5) is 0 Å². The van der Waals surface area contributed by atoms with Gasteiger partial charge in [-0.25, -0.2) is 4.57 Å². The highest BCUT2D eigenvalue weighted by Gasteiger charge is 2.28. The van der Waals surface area contributed by atoms with Crippen LogP contribution in [0.3, 0.4) is 0 Å². The summed E-state index contributed by atoms with van der Waals surface area (Å²) in [7, 11) is -4.70. The third-order valence-electron chi connectivity index (χ3n) is 5.53. The van der Waals surface area contributed by atoms with Gasteiger partial charge in [0.25, 0.3) is 0 Å². The Bertz CT molecular complexity index is 974. The maximum Gasteiger partial charge on any atom is 0.472 e. The summed E-state index contributed by atoms with van der Waals surface area (Å²) in [5.74, 6) is -2.51.